The minimum Gasteiger partial charge on any atom is -0.497 e. The molecule has 0 spiro atoms. The Labute approximate surface area is 186 Å². The molecule has 10 heteroatoms. The number of rotatable bonds is 6. The van der Waals surface area contributed by atoms with Crippen molar-refractivity contribution in [1.82, 2.24) is 14.9 Å². The van der Waals surface area contributed by atoms with Crippen molar-refractivity contribution in [3.05, 3.63) is 36.7 Å². The van der Waals surface area contributed by atoms with E-state index in [2.05, 4.69) is 25.1 Å². The predicted octanol–water partition coefficient (Wildman–Crippen LogP) is 2.48. The average molecular weight is 447 g/mol. The van der Waals surface area contributed by atoms with E-state index in [4.69, 9.17) is 4.74 Å². The number of anilines is 3. The molecular weight excluding hydrogens is 418 g/mol. The number of methoxy groups -OCH3 is 1. The molecule has 4 rings (SSSR count). The molecule has 3 heterocycles. The fourth-order valence-corrected chi connectivity index (χ4v) is 3.99. The van der Waals surface area contributed by atoms with Gasteiger partial charge in [0.05, 0.1) is 13.7 Å². The highest BCUT2D eigenvalue weighted by atomic mass is 19.3. The molecule has 1 N–H and O–H groups in total. The number of alkyl halides is 2. The summed E-state index contributed by atoms with van der Waals surface area (Å²) in [6.07, 6.45) is 1.19. The van der Waals surface area contributed by atoms with Gasteiger partial charge in [-0.05, 0) is 12.1 Å². The largest absolute Gasteiger partial charge is 0.497 e. The van der Waals surface area contributed by atoms with Crippen LogP contribution in [-0.4, -0.2) is 79.6 Å². The number of aromatic nitrogens is 2. The molecule has 0 unspecified atom stereocenters. The molecule has 2 aromatic rings. The second-order valence-corrected chi connectivity index (χ2v) is 8.12. The second-order valence-electron chi connectivity index (χ2n) is 8.12. The van der Waals surface area contributed by atoms with Crippen molar-refractivity contribution in [2.75, 3.05) is 68.0 Å². The van der Waals surface area contributed by atoms with E-state index >= 15 is 0 Å². The molecule has 0 atom stereocenters. The lowest BCUT2D eigenvalue weighted by atomic mass is 10.1. The summed E-state index contributed by atoms with van der Waals surface area (Å²) in [4.78, 5) is 27.2. The maximum absolute atomic E-state index is 13.4. The summed E-state index contributed by atoms with van der Waals surface area (Å²) < 4.78 is 32.1. The summed E-state index contributed by atoms with van der Waals surface area (Å²) >= 11 is 0. The van der Waals surface area contributed by atoms with Crippen LogP contribution in [0.4, 0.5) is 26.1 Å². The first-order chi connectivity index (χ1) is 15.4. The minimum atomic E-state index is -2.58. The number of amides is 1. The summed E-state index contributed by atoms with van der Waals surface area (Å²) in [6, 6.07) is 9.14. The van der Waals surface area contributed by atoms with Gasteiger partial charge in [-0.3, -0.25) is 9.69 Å². The zero-order chi connectivity index (χ0) is 22.6. The first kappa shape index (κ1) is 22.2. The van der Waals surface area contributed by atoms with Gasteiger partial charge in [0.15, 0.2) is 0 Å². The number of carbonyl (C=O) groups is 1. The maximum atomic E-state index is 13.4. The lowest BCUT2D eigenvalue weighted by Crippen LogP contribution is -2.49. The number of nitrogens with zero attached hydrogens (tertiary/aromatic N) is 5. The number of halogens is 2. The van der Waals surface area contributed by atoms with Crippen molar-refractivity contribution in [2.24, 2.45) is 0 Å². The molecule has 0 radical (unpaired) electrons. The third kappa shape index (κ3) is 5.61. The number of ether oxygens (including phenoxy) is 1. The van der Waals surface area contributed by atoms with Crippen LogP contribution in [0.25, 0.3) is 0 Å². The Bertz CT molecular complexity index is 926. The van der Waals surface area contributed by atoms with Crippen molar-refractivity contribution < 1.29 is 18.3 Å². The number of piperazine rings is 1. The number of benzene rings is 1. The van der Waals surface area contributed by atoms with Crippen LogP contribution >= 0.6 is 0 Å². The smallest absolute Gasteiger partial charge is 0.251 e. The Morgan fingerprint density at radius 1 is 1.03 bits per heavy atom. The molecule has 8 nitrogen and oxygen atoms in total. The molecule has 172 valence electrons. The Morgan fingerprint density at radius 3 is 2.34 bits per heavy atom. The van der Waals surface area contributed by atoms with Crippen LogP contribution in [0, 0.1) is 0 Å². The molecule has 0 bridgehead atoms. The van der Waals surface area contributed by atoms with E-state index in [0.29, 0.717) is 36.9 Å². The molecule has 0 saturated carbocycles. The fraction of sp³-hybridized carbons (Fsp3) is 0.500. The normalized spacial score (nSPS) is 19.0. The van der Waals surface area contributed by atoms with E-state index in [1.807, 2.05) is 29.2 Å². The molecule has 2 aliphatic rings. The highest BCUT2D eigenvalue weighted by Gasteiger charge is 2.34. The Kier molecular flexibility index (Phi) is 6.69. The van der Waals surface area contributed by atoms with E-state index in [-0.39, 0.29) is 18.7 Å². The first-order valence-electron chi connectivity index (χ1n) is 10.8. The van der Waals surface area contributed by atoms with Crippen LogP contribution in [0.2, 0.25) is 0 Å². The number of hydrogen-bond donors (Lipinski definition) is 1. The van der Waals surface area contributed by atoms with E-state index in [0.717, 1.165) is 32.0 Å². The van der Waals surface area contributed by atoms with Crippen molar-refractivity contribution in [3.63, 3.8) is 0 Å². The number of nitrogens with one attached hydrogen (secondary N) is 1. The topological polar surface area (TPSA) is 73.8 Å². The molecule has 2 aliphatic heterocycles. The lowest BCUT2D eigenvalue weighted by Gasteiger charge is -2.36. The molecule has 2 saturated heterocycles. The summed E-state index contributed by atoms with van der Waals surface area (Å²) in [7, 11) is 1.59. The summed E-state index contributed by atoms with van der Waals surface area (Å²) in [6.45, 7) is 3.78. The van der Waals surface area contributed by atoms with Crippen LogP contribution in [0.3, 0.4) is 0 Å². The van der Waals surface area contributed by atoms with E-state index in [1.165, 1.54) is 6.33 Å². The molecule has 0 aliphatic carbocycles. The van der Waals surface area contributed by atoms with E-state index in [9.17, 15) is 13.6 Å². The quantitative estimate of drug-likeness (QED) is 0.731. The highest BCUT2D eigenvalue weighted by molar-refractivity contribution is 5.92. The number of hydrogen-bond acceptors (Lipinski definition) is 7. The van der Waals surface area contributed by atoms with Gasteiger partial charge >= 0.3 is 0 Å². The minimum absolute atomic E-state index is 0.0714. The molecule has 2 fully saturated rings. The zero-order valence-electron chi connectivity index (χ0n) is 18.1. The summed E-state index contributed by atoms with van der Waals surface area (Å²) in [5, 5.41) is 2.90. The van der Waals surface area contributed by atoms with E-state index in [1.54, 1.807) is 13.2 Å². The van der Waals surface area contributed by atoms with Crippen LogP contribution in [0.5, 0.6) is 5.75 Å². The Morgan fingerprint density at radius 2 is 1.69 bits per heavy atom. The monoisotopic (exact) mass is 446 g/mol. The third-order valence-corrected chi connectivity index (χ3v) is 5.87. The summed E-state index contributed by atoms with van der Waals surface area (Å²) in [5.41, 5.74) is 0.706. The van der Waals surface area contributed by atoms with Gasteiger partial charge in [-0.15, -0.1) is 0 Å². The highest BCUT2D eigenvalue weighted by Crippen LogP contribution is 2.30. The molecule has 32 heavy (non-hydrogen) atoms. The average Bonchev–Trinajstić information content (AvgIpc) is 2.80. The lowest BCUT2D eigenvalue weighted by molar-refractivity contribution is -0.117. The van der Waals surface area contributed by atoms with Gasteiger partial charge in [-0.1, -0.05) is 6.07 Å². The van der Waals surface area contributed by atoms with Gasteiger partial charge in [0, 0.05) is 69.9 Å². The van der Waals surface area contributed by atoms with Gasteiger partial charge < -0.3 is 19.9 Å². The van der Waals surface area contributed by atoms with Gasteiger partial charge in [-0.25, -0.2) is 18.7 Å². The van der Waals surface area contributed by atoms with Crippen molar-refractivity contribution in [3.8, 4) is 5.75 Å². The molecule has 1 aromatic heterocycles. The van der Waals surface area contributed by atoms with Gasteiger partial charge in [-0.2, -0.15) is 0 Å². The molecular formula is C22H28F2N6O2. The third-order valence-electron chi connectivity index (χ3n) is 5.87. The van der Waals surface area contributed by atoms with Crippen LogP contribution in [0.15, 0.2) is 36.7 Å². The predicted molar refractivity (Wildman–Crippen MR) is 119 cm³/mol. The molecule has 1 amide bonds. The zero-order valence-corrected chi connectivity index (χ0v) is 18.1. The van der Waals surface area contributed by atoms with Gasteiger partial charge in [0.2, 0.25) is 5.91 Å². The maximum Gasteiger partial charge on any atom is 0.251 e. The second kappa shape index (κ2) is 9.64. The summed E-state index contributed by atoms with van der Waals surface area (Å²) in [5.74, 6) is -0.489. The van der Waals surface area contributed by atoms with Gasteiger partial charge in [0.1, 0.15) is 23.7 Å². The van der Waals surface area contributed by atoms with Crippen LogP contribution < -0.4 is 19.9 Å². The Balaban J connectivity index is 1.28. The fourth-order valence-electron chi connectivity index (χ4n) is 3.99. The van der Waals surface area contributed by atoms with Crippen molar-refractivity contribution in [1.29, 1.82) is 0 Å². The Hall–Kier alpha value is -3.01. The van der Waals surface area contributed by atoms with Crippen molar-refractivity contribution in [2.45, 2.75) is 18.8 Å². The van der Waals surface area contributed by atoms with Crippen molar-refractivity contribution >= 4 is 23.2 Å². The molecule has 1 aromatic carbocycles. The number of piperidine rings is 1. The van der Waals surface area contributed by atoms with Gasteiger partial charge in [0.25, 0.3) is 5.92 Å². The number of carbonyl (C=O) groups excluding carboxylic acids is 1. The first-order valence-corrected chi connectivity index (χ1v) is 10.8. The standard InChI is InChI=1S/C22H28F2N6O2/c1-32-18-4-2-3-17(13-18)27-21(31)15-28-9-11-30(12-10-28)20-14-19(25-16-26-20)29-7-5-22(23,24)6-8-29/h2-4,13-14,16H,5-12,15H2,1H3,(H,27,31). The SMILES string of the molecule is COc1cccc(NC(=O)CN2CCN(c3cc(N4CCC(F)(F)CC4)ncn3)CC2)c1. The van der Waals surface area contributed by atoms with E-state index < -0.39 is 5.92 Å². The van der Waals surface area contributed by atoms with Crippen LogP contribution in [-0.2, 0) is 4.79 Å². The van der Waals surface area contributed by atoms with Crippen LogP contribution in [0.1, 0.15) is 12.8 Å².